The van der Waals surface area contributed by atoms with E-state index in [-0.39, 0.29) is 17.6 Å². The van der Waals surface area contributed by atoms with E-state index >= 15 is 0 Å². The standard InChI is InChI=1S/C27H24N2O3/c1-3-18-15-24-21(26(30)22(17-28-24)27(31)32-4-2)16-23(18)29-25(19-11-7-5-8-12-19)20-13-9-6-10-14-20/h5-17H,3-4H2,1-2H3,(H,28,30). The topological polar surface area (TPSA) is 71.5 Å². The highest BCUT2D eigenvalue weighted by Gasteiger charge is 2.16. The summed E-state index contributed by atoms with van der Waals surface area (Å²) < 4.78 is 5.03. The third-order valence-electron chi connectivity index (χ3n) is 5.28. The summed E-state index contributed by atoms with van der Waals surface area (Å²) >= 11 is 0. The number of fused-ring (bicyclic) bond motifs is 1. The minimum Gasteiger partial charge on any atom is -0.462 e. The van der Waals surface area contributed by atoms with Crippen molar-refractivity contribution in [1.82, 2.24) is 4.98 Å². The molecule has 5 heteroatoms. The molecule has 0 aliphatic carbocycles. The second-order valence-corrected chi connectivity index (χ2v) is 7.32. The summed E-state index contributed by atoms with van der Waals surface area (Å²) in [4.78, 5) is 33.3. The average Bonchev–Trinajstić information content (AvgIpc) is 2.83. The fourth-order valence-electron chi connectivity index (χ4n) is 3.66. The van der Waals surface area contributed by atoms with Gasteiger partial charge in [-0.25, -0.2) is 9.79 Å². The molecule has 0 aliphatic rings. The smallest absolute Gasteiger partial charge is 0.343 e. The zero-order chi connectivity index (χ0) is 22.5. The predicted molar refractivity (Wildman–Crippen MR) is 128 cm³/mol. The summed E-state index contributed by atoms with van der Waals surface area (Å²) in [5.41, 5.74) is 4.78. The minimum absolute atomic E-state index is 0.00938. The molecule has 32 heavy (non-hydrogen) atoms. The van der Waals surface area contributed by atoms with Gasteiger partial charge in [0.1, 0.15) is 5.56 Å². The van der Waals surface area contributed by atoms with Gasteiger partial charge < -0.3 is 9.72 Å². The lowest BCUT2D eigenvalue weighted by Gasteiger charge is -2.11. The SMILES string of the molecule is CCOC(=O)c1c[nH]c2cc(CC)c(N=C(c3ccccc3)c3ccccc3)cc2c1=O. The third kappa shape index (κ3) is 4.23. The van der Waals surface area contributed by atoms with Gasteiger partial charge in [0.15, 0.2) is 0 Å². The molecule has 0 bridgehead atoms. The summed E-state index contributed by atoms with van der Waals surface area (Å²) in [5, 5.41) is 0.409. The number of rotatable bonds is 6. The molecule has 0 radical (unpaired) electrons. The maximum absolute atomic E-state index is 13.1. The molecule has 0 amide bonds. The van der Waals surface area contributed by atoms with Gasteiger partial charge in [0.2, 0.25) is 5.43 Å². The van der Waals surface area contributed by atoms with Gasteiger partial charge in [0.25, 0.3) is 0 Å². The monoisotopic (exact) mass is 424 g/mol. The number of hydrogen-bond donors (Lipinski definition) is 1. The lowest BCUT2D eigenvalue weighted by Crippen LogP contribution is -2.18. The molecule has 0 spiro atoms. The molecule has 4 aromatic rings. The number of benzene rings is 3. The molecule has 5 nitrogen and oxygen atoms in total. The molecule has 0 atom stereocenters. The predicted octanol–water partition coefficient (Wildman–Crippen LogP) is 5.44. The highest BCUT2D eigenvalue weighted by molar-refractivity contribution is 6.14. The average molecular weight is 425 g/mol. The van der Waals surface area contributed by atoms with Crippen molar-refractivity contribution in [1.29, 1.82) is 0 Å². The van der Waals surface area contributed by atoms with E-state index in [0.29, 0.717) is 16.6 Å². The quantitative estimate of drug-likeness (QED) is 0.331. The van der Waals surface area contributed by atoms with Crippen LogP contribution >= 0.6 is 0 Å². The number of nitrogens with one attached hydrogen (secondary N) is 1. The molecule has 0 fully saturated rings. The highest BCUT2D eigenvalue weighted by Crippen LogP contribution is 2.27. The first-order chi connectivity index (χ1) is 15.6. The molecular weight excluding hydrogens is 400 g/mol. The van der Waals surface area contributed by atoms with Crippen molar-refractivity contribution >= 4 is 28.3 Å². The van der Waals surface area contributed by atoms with Crippen LogP contribution in [0.3, 0.4) is 0 Å². The number of hydrogen-bond acceptors (Lipinski definition) is 4. The minimum atomic E-state index is -0.630. The summed E-state index contributed by atoms with van der Waals surface area (Å²) in [6, 6.07) is 23.6. The lowest BCUT2D eigenvalue weighted by molar-refractivity contribution is 0.0524. The van der Waals surface area contributed by atoms with Crippen LogP contribution < -0.4 is 5.43 Å². The zero-order valence-corrected chi connectivity index (χ0v) is 18.1. The van der Waals surface area contributed by atoms with Crippen molar-refractivity contribution in [3.8, 4) is 0 Å². The molecule has 0 saturated heterocycles. The molecular formula is C27H24N2O3. The number of aryl methyl sites for hydroxylation is 1. The number of esters is 1. The molecule has 160 valence electrons. The van der Waals surface area contributed by atoms with E-state index in [4.69, 9.17) is 9.73 Å². The number of pyridine rings is 1. The van der Waals surface area contributed by atoms with Crippen molar-refractivity contribution in [2.75, 3.05) is 6.61 Å². The van der Waals surface area contributed by atoms with Crippen molar-refractivity contribution in [3.63, 3.8) is 0 Å². The van der Waals surface area contributed by atoms with E-state index in [0.717, 1.165) is 28.8 Å². The Morgan fingerprint density at radius 1 is 0.938 bits per heavy atom. The van der Waals surface area contributed by atoms with Crippen LogP contribution in [0.25, 0.3) is 10.9 Å². The number of nitrogens with zero attached hydrogens (tertiary/aromatic N) is 1. The van der Waals surface area contributed by atoms with E-state index < -0.39 is 5.97 Å². The molecule has 1 heterocycles. The van der Waals surface area contributed by atoms with Crippen LogP contribution in [-0.4, -0.2) is 23.3 Å². The Bertz CT molecular complexity index is 1300. The Balaban J connectivity index is 1.94. The van der Waals surface area contributed by atoms with Crippen LogP contribution in [0, 0.1) is 0 Å². The van der Waals surface area contributed by atoms with Crippen LogP contribution in [0.2, 0.25) is 0 Å². The van der Waals surface area contributed by atoms with Crippen molar-refractivity contribution in [2.24, 2.45) is 4.99 Å². The van der Waals surface area contributed by atoms with Crippen LogP contribution in [0.1, 0.15) is 40.9 Å². The molecule has 0 aliphatic heterocycles. The van der Waals surface area contributed by atoms with Crippen molar-refractivity contribution in [2.45, 2.75) is 20.3 Å². The van der Waals surface area contributed by atoms with Crippen molar-refractivity contribution < 1.29 is 9.53 Å². The van der Waals surface area contributed by atoms with Gasteiger partial charge in [-0.15, -0.1) is 0 Å². The number of ether oxygens (including phenoxy) is 1. The van der Waals surface area contributed by atoms with Gasteiger partial charge in [0.05, 0.1) is 18.0 Å². The van der Waals surface area contributed by atoms with Gasteiger partial charge >= 0.3 is 5.97 Å². The van der Waals surface area contributed by atoms with Gasteiger partial charge in [0, 0.05) is 28.2 Å². The van der Waals surface area contributed by atoms with Crippen LogP contribution in [0.15, 0.2) is 88.8 Å². The Hall–Kier alpha value is -3.99. The van der Waals surface area contributed by atoms with Crippen LogP contribution in [0.5, 0.6) is 0 Å². The molecule has 4 rings (SSSR count). The first-order valence-corrected chi connectivity index (χ1v) is 10.7. The summed E-state index contributed by atoms with van der Waals surface area (Å²) in [5.74, 6) is -0.630. The molecule has 3 aromatic carbocycles. The fourth-order valence-corrected chi connectivity index (χ4v) is 3.66. The zero-order valence-electron chi connectivity index (χ0n) is 18.1. The number of H-pyrrole nitrogens is 1. The van der Waals surface area contributed by atoms with E-state index in [2.05, 4.69) is 11.9 Å². The van der Waals surface area contributed by atoms with E-state index in [1.54, 1.807) is 13.0 Å². The van der Waals surface area contributed by atoms with E-state index in [9.17, 15) is 9.59 Å². The summed E-state index contributed by atoms with van der Waals surface area (Å²) in [7, 11) is 0. The Kier molecular flexibility index (Phi) is 6.26. The van der Waals surface area contributed by atoms with E-state index in [1.165, 1.54) is 6.20 Å². The normalized spacial score (nSPS) is 10.7. The molecule has 0 saturated carbocycles. The van der Waals surface area contributed by atoms with Crippen LogP contribution in [0.4, 0.5) is 5.69 Å². The number of aromatic amines is 1. The first-order valence-electron chi connectivity index (χ1n) is 10.7. The highest BCUT2D eigenvalue weighted by atomic mass is 16.5. The molecule has 1 N–H and O–H groups in total. The van der Waals surface area contributed by atoms with Crippen molar-refractivity contribution in [3.05, 3.63) is 111 Å². The van der Waals surface area contributed by atoms with E-state index in [1.807, 2.05) is 66.7 Å². The third-order valence-corrected chi connectivity index (χ3v) is 5.28. The molecule has 0 unspecified atom stereocenters. The maximum Gasteiger partial charge on any atom is 0.343 e. The van der Waals surface area contributed by atoms with Gasteiger partial charge in [-0.2, -0.15) is 0 Å². The Morgan fingerprint density at radius 3 is 2.12 bits per heavy atom. The second-order valence-electron chi connectivity index (χ2n) is 7.32. The number of carbonyl (C=O) groups is 1. The fraction of sp³-hybridized carbons (Fsp3) is 0.148. The molecule has 1 aromatic heterocycles. The largest absolute Gasteiger partial charge is 0.462 e. The Labute approximate surface area is 186 Å². The lowest BCUT2D eigenvalue weighted by atomic mass is 10.0. The summed E-state index contributed by atoms with van der Waals surface area (Å²) in [6.45, 7) is 3.97. The van der Waals surface area contributed by atoms with Crippen LogP contribution in [-0.2, 0) is 11.2 Å². The first kappa shape index (κ1) is 21.2. The summed E-state index contributed by atoms with van der Waals surface area (Å²) in [6.07, 6.45) is 2.16. The Morgan fingerprint density at radius 2 is 1.56 bits per heavy atom. The van der Waals surface area contributed by atoms with Gasteiger partial charge in [-0.3, -0.25) is 4.79 Å². The van der Waals surface area contributed by atoms with Gasteiger partial charge in [-0.1, -0.05) is 67.6 Å². The van der Waals surface area contributed by atoms with Gasteiger partial charge in [-0.05, 0) is 31.0 Å². The number of carbonyl (C=O) groups excluding carboxylic acids is 1. The second kappa shape index (κ2) is 9.43. The maximum atomic E-state index is 13.1. The number of aliphatic imine (C=N–C) groups is 1. The number of aromatic nitrogens is 1.